The van der Waals surface area contributed by atoms with Gasteiger partial charge in [0, 0.05) is 5.56 Å². The molecule has 74 valence electrons. The van der Waals surface area contributed by atoms with E-state index in [4.69, 9.17) is 5.26 Å². The average molecular weight is 195 g/mol. The number of rotatable bonds is 2. The van der Waals surface area contributed by atoms with Gasteiger partial charge in [-0.2, -0.15) is 5.26 Å². The molecule has 0 aliphatic rings. The van der Waals surface area contributed by atoms with Crippen LogP contribution < -0.4 is 0 Å². The molecule has 0 amide bonds. The molecule has 1 rings (SSSR count). The smallest absolute Gasteiger partial charge is 0.205 e. The Morgan fingerprint density at radius 1 is 1.21 bits per heavy atom. The predicted octanol–water partition coefficient (Wildman–Crippen LogP) is 3.62. The zero-order chi connectivity index (χ0) is 10.7. The van der Waals surface area contributed by atoms with Crippen molar-refractivity contribution in [2.45, 2.75) is 26.2 Å². The van der Waals surface area contributed by atoms with Crippen molar-refractivity contribution in [2.75, 3.05) is 0 Å². The van der Waals surface area contributed by atoms with E-state index in [1.165, 1.54) is 6.07 Å². The second kappa shape index (κ2) is 4.19. The molecule has 0 unspecified atom stereocenters. The number of hydrogen-bond acceptors (Lipinski definition) is 1. The first-order chi connectivity index (χ1) is 6.57. The van der Waals surface area contributed by atoms with Crippen LogP contribution in [0.3, 0.4) is 0 Å². The highest BCUT2D eigenvalue weighted by molar-refractivity contribution is 5.46. The Bertz CT molecular complexity index is 338. The Kier molecular flexibility index (Phi) is 3.19. The molecule has 1 aromatic carbocycles. The predicted molar refractivity (Wildman–Crippen MR) is 50.2 cm³/mol. The summed E-state index contributed by atoms with van der Waals surface area (Å²) in [7, 11) is 0. The summed E-state index contributed by atoms with van der Waals surface area (Å²) in [6.45, 7) is 3.76. The lowest BCUT2D eigenvalue weighted by Gasteiger charge is -2.11. The van der Waals surface area contributed by atoms with Gasteiger partial charge in [0.15, 0.2) is 0 Å². The summed E-state index contributed by atoms with van der Waals surface area (Å²) in [6, 6.07) is 6.43. The molecule has 14 heavy (non-hydrogen) atoms. The van der Waals surface area contributed by atoms with Gasteiger partial charge in [-0.05, 0) is 11.5 Å². The number of nitriles is 1. The molecule has 0 aromatic heterocycles. The summed E-state index contributed by atoms with van der Waals surface area (Å²) >= 11 is 0. The third kappa shape index (κ3) is 1.90. The van der Waals surface area contributed by atoms with Crippen molar-refractivity contribution >= 4 is 0 Å². The molecule has 1 nitrogen and oxygen atoms in total. The van der Waals surface area contributed by atoms with Crippen molar-refractivity contribution in [3.8, 4) is 6.07 Å². The van der Waals surface area contributed by atoms with Crippen molar-refractivity contribution in [1.29, 1.82) is 5.26 Å². The molecule has 0 N–H and O–H groups in total. The Hall–Kier alpha value is -1.43. The Morgan fingerprint density at radius 2 is 1.79 bits per heavy atom. The molecule has 0 atom stereocenters. The molecule has 0 radical (unpaired) electrons. The topological polar surface area (TPSA) is 23.8 Å². The Labute approximate surface area is 82.0 Å². The first kappa shape index (κ1) is 10.6. The minimum Gasteiger partial charge on any atom is -0.205 e. The highest BCUT2D eigenvalue weighted by Crippen LogP contribution is 2.28. The van der Waals surface area contributed by atoms with E-state index in [1.54, 1.807) is 12.1 Å². The van der Waals surface area contributed by atoms with Crippen LogP contribution in [0, 0.1) is 11.3 Å². The van der Waals surface area contributed by atoms with Crippen LogP contribution in [-0.4, -0.2) is 0 Å². The number of hydrogen-bond donors (Lipinski definition) is 0. The van der Waals surface area contributed by atoms with Crippen LogP contribution in [0.5, 0.6) is 0 Å². The lowest BCUT2D eigenvalue weighted by atomic mass is 9.94. The maximum absolute atomic E-state index is 12.5. The van der Waals surface area contributed by atoms with E-state index in [0.29, 0.717) is 5.56 Å². The van der Waals surface area contributed by atoms with E-state index in [0.717, 1.165) is 0 Å². The van der Waals surface area contributed by atoms with Crippen LogP contribution in [0.25, 0.3) is 0 Å². The summed E-state index contributed by atoms with van der Waals surface area (Å²) in [5, 5.41) is 8.81. The monoisotopic (exact) mass is 195 g/mol. The van der Waals surface area contributed by atoms with Crippen molar-refractivity contribution in [1.82, 2.24) is 0 Å². The molecule has 1 aromatic rings. The van der Waals surface area contributed by atoms with Gasteiger partial charge < -0.3 is 0 Å². The molecular weight excluding hydrogens is 184 g/mol. The molecule has 0 bridgehead atoms. The van der Waals surface area contributed by atoms with E-state index in [9.17, 15) is 8.78 Å². The lowest BCUT2D eigenvalue weighted by Crippen LogP contribution is -1.98. The van der Waals surface area contributed by atoms with Crippen molar-refractivity contribution in [3.05, 3.63) is 34.9 Å². The Morgan fingerprint density at radius 3 is 2.21 bits per heavy atom. The van der Waals surface area contributed by atoms with Gasteiger partial charge in [0.25, 0.3) is 6.43 Å². The Balaban J connectivity index is 3.34. The summed E-state index contributed by atoms with van der Waals surface area (Å²) in [6.07, 6.45) is -2.58. The SMILES string of the molecule is CC(C)c1cccc(C(F)F)c1C#N. The number of alkyl halides is 2. The van der Waals surface area contributed by atoms with E-state index in [1.807, 2.05) is 19.9 Å². The first-order valence-electron chi connectivity index (χ1n) is 4.39. The van der Waals surface area contributed by atoms with Gasteiger partial charge in [-0.15, -0.1) is 0 Å². The molecule has 0 fully saturated rings. The molecule has 0 saturated carbocycles. The summed E-state index contributed by atoms with van der Waals surface area (Å²) in [4.78, 5) is 0. The molecule has 0 saturated heterocycles. The van der Waals surface area contributed by atoms with Crippen molar-refractivity contribution in [2.24, 2.45) is 0 Å². The number of benzene rings is 1. The molecule has 0 aliphatic heterocycles. The van der Waals surface area contributed by atoms with Gasteiger partial charge in [-0.3, -0.25) is 0 Å². The summed E-state index contributed by atoms with van der Waals surface area (Å²) in [5.41, 5.74) is 0.640. The average Bonchev–Trinajstić information content (AvgIpc) is 2.16. The quantitative estimate of drug-likeness (QED) is 0.707. The first-order valence-corrected chi connectivity index (χ1v) is 4.39. The van der Waals surface area contributed by atoms with Gasteiger partial charge in [0.2, 0.25) is 0 Å². The maximum atomic E-state index is 12.5. The minimum absolute atomic E-state index is 0.0864. The molecular formula is C11H11F2N. The van der Waals surface area contributed by atoms with E-state index in [2.05, 4.69) is 0 Å². The van der Waals surface area contributed by atoms with Crippen LogP contribution in [0.15, 0.2) is 18.2 Å². The van der Waals surface area contributed by atoms with Gasteiger partial charge >= 0.3 is 0 Å². The van der Waals surface area contributed by atoms with Gasteiger partial charge in [-0.25, -0.2) is 8.78 Å². The second-order valence-corrected chi connectivity index (χ2v) is 3.38. The zero-order valence-electron chi connectivity index (χ0n) is 8.09. The molecule has 0 aliphatic carbocycles. The van der Waals surface area contributed by atoms with Crippen LogP contribution in [0.1, 0.15) is 42.9 Å². The standard InChI is InChI=1S/C11H11F2N/c1-7(2)8-4-3-5-9(11(12)13)10(8)6-14/h3-5,7,11H,1-2H3. The van der Waals surface area contributed by atoms with Crippen LogP contribution in [-0.2, 0) is 0 Å². The fourth-order valence-corrected chi connectivity index (χ4v) is 1.38. The number of halogens is 2. The fraction of sp³-hybridized carbons (Fsp3) is 0.364. The van der Waals surface area contributed by atoms with E-state index >= 15 is 0 Å². The molecule has 3 heteroatoms. The fourth-order valence-electron chi connectivity index (χ4n) is 1.38. The highest BCUT2D eigenvalue weighted by Gasteiger charge is 2.16. The zero-order valence-corrected chi connectivity index (χ0v) is 8.09. The van der Waals surface area contributed by atoms with Crippen LogP contribution in [0.2, 0.25) is 0 Å². The number of nitrogens with zero attached hydrogens (tertiary/aromatic N) is 1. The lowest BCUT2D eigenvalue weighted by molar-refractivity contribution is 0.151. The minimum atomic E-state index is -2.58. The molecule has 0 spiro atoms. The third-order valence-electron chi connectivity index (χ3n) is 2.10. The van der Waals surface area contributed by atoms with Crippen molar-refractivity contribution in [3.63, 3.8) is 0 Å². The second-order valence-electron chi connectivity index (χ2n) is 3.38. The summed E-state index contributed by atoms with van der Waals surface area (Å²) < 4.78 is 25.0. The summed E-state index contributed by atoms with van der Waals surface area (Å²) in [5.74, 6) is 0.0864. The third-order valence-corrected chi connectivity index (χ3v) is 2.10. The van der Waals surface area contributed by atoms with Gasteiger partial charge in [-0.1, -0.05) is 32.0 Å². The normalized spacial score (nSPS) is 10.6. The van der Waals surface area contributed by atoms with Gasteiger partial charge in [0.05, 0.1) is 11.6 Å². The van der Waals surface area contributed by atoms with Crippen LogP contribution in [0.4, 0.5) is 8.78 Å². The van der Waals surface area contributed by atoms with Crippen LogP contribution >= 0.6 is 0 Å². The van der Waals surface area contributed by atoms with E-state index in [-0.39, 0.29) is 17.0 Å². The largest absolute Gasteiger partial charge is 0.265 e. The van der Waals surface area contributed by atoms with Crippen molar-refractivity contribution < 1.29 is 8.78 Å². The highest BCUT2D eigenvalue weighted by atomic mass is 19.3. The van der Waals surface area contributed by atoms with Gasteiger partial charge in [0.1, 0.15) is 0 Å². The maximum Gasteiger partial charge on any atom is 0.265 e. The molecule has 0 heterocycles. The van der Waals surface area contributed by atoms with E-state index < -0.39 is 6.43 Å².